The Kier molecular flexibility index (Phi) is 5.26. The van der Waals surface area contributed by atoms with Crippen LogP contribution in [-0.2, 0) is 4.79 Å². The van der Waals surface area contributed by atoms with Gasteiger partial charge in [0.05, 0.1) is 12.5 Å². The smallest absolute Gasteiger partial charge is 0.230 e. The van der Waals surface area contributed by atoms with Crippen molar-refractivity contribution in [1.82, 2.24) is 10.2 Å². The Morgan fingerprint density at radius 1 is 1.25 bits per heavy atom. The van der Waals surface area contributed by atoms with E-state index in [0.717, 1.165) is 50.3 Å². The first-order valence-corrected chi connectivity index (χ1v) is 7.07. The highest BCUT2D eigenvalue weighted by atomic mass is 35.5. The summed E-state index contributed by atoms with van der Waals surface area (Å²) in [6.07, 6.45) is 1.83. The lowest BCUT2D eigenvalue weighted by molar-refractivity contribution is -0.133. The van der Waals surface area contributed by atoms with Gasteiger partial charge in [-0.2, -0.15) is 0 Å². The Morgan fingerprint density at radius 2 is 2.10 bits per heavy atom. The molecule has 1 atom stereocenters. The highest BCUT2D eigenvalue weighted by Gasteiger charge is 2.30. The van der Waals surface area contributed by atoms with Crippen LogP contribution in [0.2, 0.25) is 0 Å². The number of benzene rings is 1. The number of rotatable bonds is 1. The maximum atomic E-state index is 12.7. The van der Waals surface area contributed by atoms with Gasteiger partial charge >= 0.3 is 0 Å². The molecule has 2 heterocycles. The number of carbonyl (C=O) groups excluding carboxylic acids is 1. The van der Waals surface area contributed by atoms with Gasteiger partial charge in [-0.05, 0) is 25.5 Å². The van der Waals surface area contributed by atoms with Crippen molar-refractivity contribution in [3.8, 4) is 5.75 Å². The molecule has 0 spiro atoms. The molecule has 1 fully saturated rings. The number of ether oxygens (including phenoxy) is 1. The van der Waals surface area contributed by atoms with E-state index in [0.29, 0.717) is 6.61 Å². The monoisotopic (exact) mass is 296 g/mol. The molecule has 20 heavy (non-hydrogen) atoms. The molecule has 110 valence electrons. The van der Waals surface area contributed by atoms with Crippen LogP contribution in [0.25, 0.3) is 0 Å². The third-order valence-electron chi connectivity index (χ3n) is 3.91. The number of halogens is 1. The molecule has 0 saturated carbocycles. The number of hydrogen-bond donors (Lipinski definition) is 1. The Bertz CT molecular complexity index is 459. The van der Waals surface area contributed by atoms with E-state index in [2.05, 4.69) is 5.32 Å². The van der Waals surface area contributed by atoms with Gasteiger partial charge in [-0.1, -0.05) is 18.2 Å². The average molecular weight is 297 g/mol. The van der Waals surface area contributed by atoms with Crippen molar-refractivity contribution in [3.05, 3.63) is 29.8 Å². The molecule has 1 unspecified atom stereocenters. The molecule has 1 saturated heterocycles. The summed E-state index contributed by atoms with van der Waals surface area (Å²) in [5, 5.41) is 3.34. The third kappa shape index (κ3) is 3.07. The normalized spacial score (nSPS) is 22.0. The van der Waals surface area contributed by atoms with E-state index in [-0.39, 0.29) is 24.2 Å². The summed E-state index contributed by atoms with van der Waals surface area (Å²) in [5.74, 6) is 1.11. The molecule has 5 heteroatoms. The Balaban J connectivity index is 0.00000147. The molecule has 0 radical (unpaired) electrons. The first kappa shape index (κ1) is 15.1. The zero-order chi connectivity index (χ0) is 13.1. The summed E-state index contributed by atoms with van der Waals surface area (Å²) in [7, 11) is 0. The standard InChI is InChI=1S/C15H20N2O2.ClH/c18-15(17-9-3-7-16-8-10-17)13-6-11-19-14-5-2-1-4-12(13)14;/h1-2,4-5,13,16H,3,6-11H2;1H. The zero-order valence-corrected chi connectivity index (χ0v) is 12.3. The van der Waals surface area contributed by atoms with Gasteiger partial charge in [-0.15, -0.1) is 12.4 Å². The van der Waals surface area contributed by atoms with Crippen molar-refractivity contribution >= 4 is 18.3 Å². The summed E-state index contributed by atoms with van der Waals surface area (Å²) in [6, 6.07) is 7.92. The minimum Gasteiger partial charge on any atom is -0.493 e. The molecule has 4 nitrogen and oxygen atoms in total. The first-order valence-electron chi connectivity index (χ1n) is 7.07. The lowest BCUT2D eigenvalue weighted by Crippen LogP contribution is -2.39. The van der Waals surface area contributed by atoms with Gasteiger partial charge < -0.3 is 15.0 Å². The molecule has 1 aromatic rings. The molecule has 1 aromatic carbocycles. The van der Waals surface area contributed by atoms with E-state index in [1.807, 2.05) is 29.2 Å². The predicted molar refractivity (Wildman–Crippen MR) is 80.6 cm³/mol. The number of para-hydroxylation sites is 1. The van der Waals surface area contributed by atoms with Crippen LogP contribution in [0, 0.1) is 0 Å². The topological polar surface area (TPSA) is 41.6 Å². The maximum Gasteiger partial charge on any atom is 0.230 e. The van der Waals surface area contributed by atoms with Crippen LogP contribution in [0.4, 0.5) is 0 Å². The lowest BCUT2D eigenvalue weighted by atomic mass is 9.91. The number of fused-ring (bicyclic) bond motifs is 1. The fourth-order valence-electron chi connectivity index (χ4n) is 2.89. The molecule has 1 N–H and O–H groups in total. The number of nitrogens with one attached hydrogen (secondary N) is 1. The first-order chi connectivity index (χ1) is 9.36. The molecular weight excluding hydrogens is 276 g/mol. The van der Waals surface area contributed by atoms with Crippen LogP contribution in [0.15, 0.2) is 24.3 Å². The SMILES string of the molecule is Cl.O=C(C1CCOc2ccccc21)N1CCCNCC1. The average Bonchev–Trinajstić information content (AvgIpc) is 2.75. The van der Waals surface area contributed by atoms with Crippen LogP contribution in [-0.4, -0.2) is 43.6 Å². The van der Waals surface area contributed by atoms with Crippen molar-refractivity contribution < 1.29 is 9.53 Å². The Labute approximate surface area is 125 Å². The minimum absolute atomic E-state index is 0. The lowest BCUT2D eigenvalue weighted by Gasteiger charge is -2.30. The van der Waals surface area contributed by atoms with E-state index < -0.39 is 0 Å². The third-order valence-corrected chi connectivity index (χ3v) is 3.91. The van der Waals surface area contributed by atoms with E-state index in [9.17, 15) is 4.79 Å². The van der Waals surface area contributed by atoms with Crippen LogP contribution in [0.3, 0.4) is 0 Å². The Morgan fingerprint density at radius 3 is 3.00 bits per heavy atom. The molecule has 3 rings (SSSR count). The molecular formula is C15H21ClN2O2. The number of nitrogens with zero attached hydrogens (tertiary/aromatic N) is 1. The Hall–Kier alpha value is -1.26. The van der Waals surface area contributed by atoms with Gasteiger partial charge in [0.15, 0.2) is 0 Å². The second-order valence-corrected chi connectivity index (χ2v) is 5.16. The molecule has 1 amide bonds. The van der Waals surface area contributed by atoms with E-state index in [4.69, 9.17) is 4.74 Å². The molecule has 0 aliphatic carbocycles. The van der Waals surface area contributed by atoms with Crippen molar-refractivity contribution in [2.75, 3.05) is 32.8 Å². The fourth-order valence-corrected chi connectivity index (χ4v) is 2.89. The van der Waals surface area contributed by atoms with Gasteiger partial charge in [-0.3, -0.25) is 4.79 Å². The van der Waals surface area contributed by atoms with Gasteiger partial charge in [0.1, 0.15) is 5.75 Å². The van der Waals surface area contributed by atoms with Crippen molar-refractivity contribution in [2.24, 2.45) is 0 Å². The number of amides is 1. The maximum absolute atomic E-state index is 12.7. The van der Waals surface area contributed by atoms with Crippen molar-refractivity contribution in [2.45, 2.75) is 18.8 Å². The van der Waals surface area contributed by atoms with Gasteiger partial charge in [-0.25, -0.2) is 0 Å². The number of hydrogen-bond acceptors (Lipinski definition) is 3. The summed E-state index contributed by atoms with van der Waals surface area (Å²) in [5.41, 5.74) is 1.05. The van der Waals surface area contributed by atoms with Crippen LogP contribution in [0.1, 0.15) is 24.3 Å². The fraction of sp³-hybridized carbons (Fsp3) is 0.533. The van der Waals surface area contributed by atoms with Gasteiger partial charge in [0.25, 0.3) is 0 Å². The summed E-state index contributed by atoms with van der Waals surface area (Å²) in [4.78, 5) is 14.7. The van der Waals surface area contributed by atoms with Crippen molar-refractivity contribution in [3.63, 3.8) is 0 Å². The summed E-state index contributed by atoms with van der Waals surface area (Å²) < 4.78 is 5.63. The quantitative estimate of drug-likeness (QED) is 0.859. The van der Waals surface area contributed by atoms with E-state index in [1.165, 1.54) is 0 Å². The summed E-state index contributed by atoms with van der Waals surface area (Å²) in [6.45, 7) is 4.23. The zero-order valence-electron chi connectivity index (χ0n) is 11.5. The largest absolute Gasteiger partial charge is 0.493 e. The van der Waals surface area contributed by atoms with E-state index in [1.54, 1.807) is 0 Å². The van der Waals surface area contributed by atoms with E-state index >= 15 is 0 Å². The van der Waals surface area contributed by atoms with Crippen LogP contribution < -0.4 is 10.1 Å². The van der Waals surface area contributed by atoms with Crippen molar-refractivity contribution in [1.29, 1.82) is 0 Å². The van der Waals surface area contributed by atoms with Crippen LogP contribution >= 0.6 is 12.4 Å². The molecule has 2 aliphatic heterocycles. The van der Waals surface area contributed by atoms with Gasteiger partial charge in [0, 0.05) is 25.2 Å². The second-order valence-electron chi connectivity index (χ2n) is 5.16. The predicted octanol–water partition coefficient (Wildman–Crippen LogP) is 1.80. The second kappa shape index (κ2) is 6.95. The highest BCUT2D eigenvalue weighted by Crippen LogP contribution is 2.34. The molecule has 2 aliphatic rings. The van der Waals surface area contributed by atoms with Gasteiger partial charge in [0.2, 0.25) is 5.91 Å². The number of carbonyl (C=O) groups is 1. The minimum atomic E-state index is -0.0250. The molecule has 0 aromatic heterocycles. The molecule has 0 bridgehead atoms. The highest BCUT2D eigenvalue weighted by molar-refractivity contribution is 5.85. The van der Waals surface area contributed by atoms with Crippen LogP contribution in [0.5, 0.6) is 5.75 Å². The summed E-state index contributed by atoms with van der Waals surface area (Å²) >= 11 is 0.